The highest BCUT2D eigenvalue weighted by atomic mass is 32.2. The van der Waals surface area contributed by atoms with Gasteiger partial charge in [0.15, 0.2) is 0 Å². The van der Waals surface area contributed by atoms with Crippen LogP contribution in [0.1, 0.15) is 23.7 Å². The van der Waals surface area contributed by atoms with Crippen LogP contribution in [0.2, 0.25) is 0 Å². The molecule has 0 fully saturated rings. The van der Waals surface area contributed by atoms with E-state index < -0.39 is 10.0 Å². The summed E-state index contributed by atoms with van der Waals surface area (Å²) in [6, 6.07) is 10.5. The molecule has 0 aliphatic heterocycles. The number of hydrogen-bond acceptors (Lipinski definition) is 3. The van der Waals surface area contributed by atoms with E-state index >= 15 is 0 Å². The number of hydrogen-bond donors (Lipinski definition) is 1. The lowest BCUT2D eigenvalue weighted by Crippen LogP contribution is -2.14. The summed E-state index contributed by atoms with van der Waals surface area (Å²) in [6.45, 7) is 5.77. The quantitative estimate of drug-likeness (QED) is 0.941. The SMILES string of the molecule is CCc1ccc(S(=O)(=O)Nc2cc(C)cc(C)n2)cc1. The Labute approximate surface area is 119 Å². The number of sulfonamides is 1. The Kier molecular flexibility index (Phi) is 4.09. The van der Waals surface area contributed by atoms with Crippen LogP contribution >= 0.6 is 0 Å². The summed E-state index contributed by atoms with van der Waals surface area (Å²) in [5.41, 5.74) is 2.86. The van der Waals surface area contributed by atoms with Crippen molar-refractivity contribution in [2.75, 3.05) is 4.72 Å². The summed E-state index contributed by atoms with van der Waals surface area (Å²) in [4.78, 5) is 4.43. The van der Waals surface area contributed by atoms with Gasteiger partial charge in [-0.1, -0.05) is 19.1 Å². The number of rotatable bonds is 4. The molecular weight excluding hydrogens is 272 g/mol. The number of benzene rings is 1. The highest BCUT2D eigenvalue weighted by molar-refractivity contribution is 7.92. The van der Waals surface area contributed by atoms with E-state index in [0.29, 0.717) is 5.82 Å². The first-order valence-electron chi connectivity index (χ1n) is 6.48. The average Bonchev–Trinajstić information content (AvgIpc) is 2.37. The number of aryl methyl sites for hydroxylation is 3. The van der Waals surface area contributed by atoms with E-state index in [1.165, 1.54) is 0 Å². The monoisotopic (exact) mass is 290 g/mol. The van der Waals surface area contributed by atoms with Crippen molar-refractivity contribution in [1.82, 2.24) is 4.98 Å². The fourth-order valence-electron chi connectivity index (χ4n) is 1.99. The van der Waals surface area contributed by atoms with E-state index in [4.69, 9.17) is 0 Å². The minimum absolute atomic E-state index is 0.246. The van der Waals surface area contributed by atoms with Gasteiger partial charge >= 0.3 is 0 Å². The van der Waals surface area contributed by atoms with Crippen molar-refractivity contribution in [1.29, 1.82) is 0 Å². The topological polar surface area (TPSA) is 59.1 Å². The number of nitrogens with zero attached hydrogens (tertiary/aromatic N) is 1. The summed E-state index contributed by atoms with van der Waals surface area (Å²) in [7, 11) is -3.58. The molecule has 0 spiro atoms. The third kappa shape index (κ3) is 3.36. The van der Waals surface area contributed by atoms with Gasteiger partial charge in [0.05, 0.1) is 4.90 Å². The van der Waals surface area contributed by atoms with Crippen molar-refractivity contribution in [3.63, 3.8) is 0 Å². The molecule has 1 aromatic heterocycles. The molecule has 2 rings (SSSR count). The molecule has 1 aromatic carbocycles. The third-order valence-corrected chi connectivity index (χ3v) is 4.35. The van der Waals surface area contributed by atoms with Crippen molar-refractivity contribution in [2.45, 2.75) is 32.1 Å². The normalized spacial score (nSPS) is 11.3. The molecule has 0 saturated heterocycles. The van der Waals surface area contributed by atoms with Crippen molar-refractivity contribution in [3.05, 3.63) is 53.2 Å². The van der Waals surface area contributed by atoms with Gasteiger partial charge in [0.1, 0.15) is 5.82 Å². The molecule has 1 N–H and O–H groups in total. The number of aromatic nitrogens is 1. The van der Waals surface area contributed by atoms with Crippen LogP contribution in [0.4, 0.5) is 5.82 Å². The van der Waals surface area contributed by atoms with Crippen molar-refractivity contribution >= 4 is 15.8 Å². The molecule has 0 saturated carbocycles. The van der Waals surface area contributed by atoms with Crippen molar-refractivity contribution in [2.24, 2.45) is 0 Å². The molecule has 0 radical (unpaired) electrons. The molecule has 2 aromatic rings. The predicted molar refractivity (Wildman–Crippen MR) is 80.3 cm³/mol. The summed E-state index contributed by atoms with van der Waals surface area (Å²) in [6.07, 6.45) is 0.881. The van der Waals surface area contributed by atoms with Crippen LogP contribution in [0.25, 0.3) is 0 Å². The van der Waals surface area contributed by atoms with E-state index in [9.17, 15) is 8.42 Å². The molecule has 0 atom stereocenters. The van der Waals surface area contributed by atoms with Crippen LogP contribution in [0, 0.1) is 13.8 Å². The number of pyridine rings is 1. The van der Waals surface area contributed by atoms with Gasteiger partial charge in [-0.3, -0.25) is 4.72 Å². The lowest BCUT2D eigenvalue weighted by atomic mass is 10.2. The molecule has 0 amide bonds. The zero-order chi connectivity index (χ0) is 14.8. The summed E-state index contributed by atoms with van der Waals surface area (Å²) >= 11 is 0. The van der Waals surface area contributed by atoms with E-state index in [0.717, 1.165) is 23.2 Å². The molecular formula is C15H18N2O2S. The highest BCUT2D eigenvalue weighted by Crippen LogP contribution is 2.17. The number of nitrogens with one attached hydrogen (secondary N) is 1. The Balaban J connectivity index is 2.30. The molecule has 0 unspecified atom stereocenters. The minimum Gasteiger partial charge on any atom is -0.263 e. The molecule has 1 heterocycles. The summed E-state index contributed by atoms with van der Waals surface area (Å²) < 4.78 is 27.1. The van der Waals surface area contributed by atoms with Gasteiger partial charge < -0.3 is 0 Å². The van der Waals surface area contributed by atoms with Gasteiger partial charge in [-0.2, -0.15) is 0 Å². The van der Waals surface area contributed by atoms with E-state index in [-0.39, 0.29) is 4.90 Å². The Morgan fingerprint density at radius 2 is 1.75 bits per heavy atom. The van der Waals surface area contributed by atoms with Gasteiger partial charge in [0, 0.05) is 5.69 Å². The Bertz CT molecular complexity index is 687. The summed E-state index contributed by atoms with van der Waals surface area (Å²) in [5, 5.41) is 0. The fraction of sp³-hybridized carbons (Fsp3) is 0.267. The third-order valence-electron chi connectivity index (χ3n) is 2.98. The van der Waals surface area contributed by atoms with Gasteiger partial charge in [0.2, 0.25) is 0 Å². The second kappa shape index (κ2) is 5.63. The minimum atomic E-state index is -3.58. The maximum absolute atomic E-state index is 12.3. The highest BCUT2D eigenvalue weighted by Gasteiger charge is 2.14. The van der Waals surface area contributed by atoms with Gasteiger partial charge in [-0.15, -0.1) is 0 Å². The Morgan fingerprint density at radius 3 is 2.30 bits per heavy atom. The Hall–Kier alpha value is -1.88. The van der Waals surface area contributed by atoms with Crippen molar-refractivity contribution in [3.8, 4) is 0 Å². The second-order valence-electron chi connectivity index (χ2n) is 4.77. The van der Waals surface area contributed by atoms with Crippen LogP contribution in [0.5, 0.6) is 0 Å². The molecule has 5 heteroatoms. The van der Waals surface area contributed by atoms with Crippen LogP contribution in [-0.2, 0) is 16.4 Å². The first-order valence-corrected chi connectivity index (χ1v) is 7.96. The lowest BCUT2D eigenvalue weighted by Gasteiger charge is -2.09. The van der Waals surface area contributed by atoms with Crippen molar-refractivity contribution < 1.29 is 8.42 Å². The standard InChI is InChI=1S/C15H18N2O2S/c1-4-13-5-7-14(8-6-13)20(18,19)17-15-10-11(2)9-12(3)16-15/h5-10H,4H2,1-3H3,(H,16,17). The van der Waals surface area contributed by atoms with Crippen LogP contribution in [0.3, 0.4) is 0 Å². The largest absolute Gasteiger partial charge is 0.263 e. The zero-order valence-corrected chi connectivity index (χ0v) is 12.7. The molecule has 20 heavy (non-hydrogen) atoms. The van der Waals surface area contributed by atoms with E-state index in [1.54, 1.807) is 18.2 Å². The summed E-state index contributed by atoms with van der Waals surface area (Å²) in [5.74, 6) is 0.349. The number of anilines is 1. The van der Waals surface area contributed by atoms with Crippen LogP contribution in [-0.4, -0.2) is 13.4 Å². The Morgan fingerprint density at radius 1 is 1.10 bits per heavy atom. The van der Waals surface area contributed by atoms with Crippen LogP contribution in [0.15, 0.2) is 41.3 Å². The van der Waals surface area contributed by atoms with E-state index in [2.05, 4.69) is 9.71 Å². The van der Waals surface area contributed by atoms with Gasteiger partial charge in [-0.25, -0.2) is 13.4 Å². The predicted octanol–water partition coefficient (Wildman–Crippen LogP) is 3.06. The maximum Gasteiger partial charge on any atom is 0.263 e. The van der Waals surface area contributed by atoms with E-state index in [1.807, 2.05) is 39.0 Å². The average molecular weight is 290 g/mol. The maximum atomic E-state index is 12.3. The fourth-order valence-corrected chi connectivity index (χ4v) is 2.99. The second-order valence-corrected chi connectivity index (χ2v) is 6.46. The smallest absolute Gasteiger partial charge is 0.263 e. The molecule has 4 nitrogen and oxygen atoms in total. The molecule has 0 bridgehead atoms. The first-order chi connectivity index (χ1) is 9.40. The lowest BCUT2D eigenvalue weighted by molar-refractivity contribution is 0.601. The molecule has 106 valence electrons. The van der Waals surface area contributed by atoms with Crippen LogP contribution < -0.4 is 4.72 Å². The zero-order valence-electron chi connectivity index (χ0n) is 11.8. The van der Waals surface area contributed by atoms with Gasteiger partial charge in [-0.05, 0) is 55.7 Å². The van der Waals surface area contributed by atoms with Gasteiger partial charge in [0.25, 0.3) is 10.0 Å². The molecule has 0 aliphatic rings. The molecule has 0 aliphatic carbocycles. The first kappa shape index (κ1) is 14.5.